The number of sulfone groups is 1. The van der Waals surface area contributed by atoms with Gasteiger partial charge in [0.1, 0.15) is 12.4 Å². The molecule has 1 heterocycles. The van der Waals surface area contributed by atoms with E-state index in [1.165, 1.54) is 12.1 Å². The van der Waals surface area contributed by atoms with Gasteiger partial charge in [0.25, 0.3) is 5.91 Å². The number of carbonyl (C=O) groups excluding carboxylic acids is 1. The molecule has 0 bridgehead atoms. The Balaban J connectivity index is 1.78. The van der Waals surface area contributed by atoms with Crippen LogP contribution in [0, 0.1) is 0 Å². The normalized spacial score (nSPS) is 16.3. The van der Waals surface area contributed by atoms with E-state index in [4.69, 9.17) is 9.47 Å². The van der Waals surface area contributed by atoms with Crippen LogP contribution in [0.4, 0.5) is 0 Å². The number of piperidine rings is 1. The monoisotopic (exact) mass is 476 g/mol. The number of hydroxylamine groups is 1. The summed E-state index contributed by atoms with van der Waals surface area (Å²) in [4.78, 5) is 14.7. The first kappa shape index (κ1) is 25.2. The SMILES string of the molecule is CCOCCOc1ccc(-c2ccc(S(=O)(=O)C3(C(=O)NO)CCN(CC)CC3)cc2)cc1. The van der Waals surface area contributed by atoms with Crippen molar-refractivity contribution >= 4 is 15.7 Å². The number of carbonyl (C=O) groups is 1. The van der Waals surface area contributed by atoms with E-state index >= 15 is 0 Å². The number of benzene rings is 2. The average molecular weight is 477 g/mol. The second-order valence-corrected chi connectivity index (χ2v) is 10.2. The summed E-state index contributed by atoms with van der Waals surface area (Å²) >= 11 is 0. The predicted octanol–water partition coefficient (Wildman–Crippen LogP) is 2.90. The van der Waals surface area contributed by atoms with Gasteiger partial charge in [-0.15, -0.1) is 0 Å². The summed E-state index contributed by atoms with van der Waals surface area (Å²) in [7, 11) is -4.02. The second-order valence-electron chi connectivity index (χ2n) is 7.97. The quantitative estimate of drug-likeness (QED) is 0.309. The van der Waals surface area contributed by atoms with E-state index in [2.05, 4.69) is 4.90 Å². The van der Waals surface area contributed by atoms with Gasteiger partial charge in [-0.05, 0) is 61.7 Å². The lowest BCUT2D eigenvalue weighted by Crippen LogP contribution is -2.57. The van der Waals surface area contributed by atoms with Gasteiger partial charge >= 0.3 is 0 Å². The highest BCUT2D eigenvalue weighted by molar-refractivity contribution is 7.93. The van der Waals surface area contributed by atoms with Crippen molar-refractivity contribution in [2.75, 3.05) is 39.5 Å². The van der Waals surface area contributed by atoms with Gasteiger partial charge in [-0.25, -0.2) is 13.9 Å². The lowest BCUT2D eigenvalue weighted by Gasteiger charge is -2.39. The largest absolute Gasteiger partial charge is 0.491 e. The molecular formula is C24H32N2O6S. The number of likely N-dealkylation sites (tertiary alicyclic amines) is 1. The van der Waals surface area contributed by atoms with Gasteiger partial charge in [0.15, 0.2) is 14.6 Å². The van der Waals surface area contributed by atoms with Crippen LogP contribution in [-0.4, -0.2) is 68.6 Å². The van der Waals surface area contributed by atoms with Crippen molar-refractivity contribution in [2.24, 2.45) is 0 Å². The fraction of sp³-hybridized carbons (Fsp3) is 0.458. The third-order valence-electron chi connectivity index (χ3n) is 6.19. The fourth-order valence-corrected chi connectivity index (χ4v) is 6.06. The van der Waals surface area contributed by atoms with E-state index in [1.54, 1.807) is 17.6 Å². The van der Waals surface area contributed by atoms with E-state index in [1.807, 2.05) is 38.1 Å². The summed E-state index contributed by atoms with van der Waals surface area (Å²) in [5, 5.41) is 9.29. The van der Waals surface area contributed by atoms with Crippen LogP contribution < -0.4 is 10.2 Å². The van der Waals surface area contributed by atoms with Crippen LogP contribution in [0.2, 0.25) is 0 Å². The Hall–Kier alpha value is -2.46. The Morgan fingerprint density at radius 3 is 2.09 bits per heavy atom. The highest BCUT2D eigenvalue weighted by Crippen LogP contribution is 2.36. The molecule has 0 spiro atoms. The van der Waals surface area contributed by atoms with Crippen molar-refractivity contribution in [3.63, 3.8) is 0 Å². The van der Waals surface area contributed by atoms with Crippen molar-refractivity contribution in [3.8, 4) is 16.9 Å². The third-order valence-corrected chi connectivity index (χ3v) is 8.71. The molecule has 1 fully saturated rings. The molecule has 0 saturated carbocycles. The molecule has 2 aromatic rings. The Bertz CT molecular complexity index is 1010. The molecule has 2 N–H and O–H groups in total. The molecular weight excluding hydrogens is 444 g/mol. The minimum absolute atomic E-state index is 0.0654. The van der Waals surface area contributed by atoms with Gasteiger partial charge in [0.2, 0.25) is 0 Å². The lowest BCUT2D eigenvalue weighted by molar-refractivity contribution is -0.133. The van der Waals surface area contributed by atoms with Gasteiger partial charge in [0, 0.05) is 19.7 Å². The van der Waals surface area contributed by atoms with E-state index in [0.29, 0.717) is 32.9 Å². The standard InChI is InChI=1S/C24H32N2O6S/c1-3-26-15-13-24(14-16-26,23(27)25-28)33(29,30)22-11-7-20(8-12-22)19-5-9-21(10-6-19)32-18-17-31-4-2/h5-12,28H,3-4,13-18H2,1-2H3,(H,25,27). The first-order valence-electron chi connectivity index (χ1n) is 11.2. The summed E-state index contributed by atoms with van der Waals surface area (Å²) in [6.45, 7) is 7.30. The Labute approximate surface area is 195 Å². The molecule has 0 unspecified atom stereocenters. The third kappa shape index (κ3) is 5.38. The van der Waals surface area contributed by atoms with Crippen LogP contribution in [0.25, 0.3) is 11.1 Å². The minimum atomic E-state index is -4.02. The zero-order chi connectivity index (χ0) is 23.9. The van der Waals surface area contributed by atoms with Gasteiger partial charge in [0.05, 0.1) is 11.5 Å². The maximum Gasteiger partial charge on any atom is 0.265 e. The summed E-state index contributed by atoms with van der Waals surface area (Å²) in [6, 6.07) is 14.0. The molecule has 9 heteroatoms. The van der Waals surface area contributed by atoms with Gasteiger partial charge in [-0.3, -0.25) is 10.0 Å². The van der Waals surface area contributed by atoms with Crippen LogP contribution in [0.5, 0.6) is 5.75 Å². The number of rotatable bonds is 10. The smallest absolute Gasteiger partial charge is 0.265 e. The number of amides is 1. The summed E-state index contributed by atoms with van der Waals surface area (Å²) in [5.74, 6) is -0.143. The molecule has 1 aliphatic rings. The molecule has 180 valence electrons. The van der Waals surface area contributed by atoms with Crippen molar-refractivity contribution in [3.05, 3.63) is 48.5 Å². The number of nitrogens with zero attached hydrogens (tertiary/aromatic N) is 1. The van der Waals surface area contributed by atoms with Gasteiger partial charge < -0.3 is 14.4 Å². The molecule has 2 aromatic carbocycles. The van der Waals surface area contributed by atoms with Gasteiger partial charge in [-0.1, -0.05) is 31.2 Å². The average Bonchev–Trinajstić information content (AvgIpc) is 2.86. The van der Waals surface area contributed by atoms with Crippen LogP contribution in [-0.2, 0) is 19.4 Å². The number of hydrogen-bond donors (Lipinski definition) is 2. The highest BCUT2D eigenvalue weighted by atomic mass is 32.2. The van der Waals surface area contributed by atoms with E-state index in [9.17, 15) is 18.4 Å². The second kappa shape index (κ2) is 11.1. The number of hydrogen-bond acceptors (Lipinski definition) is 7. The summed E-state index contributed by atoms with van der Waals surface area (Å²) in [5.41, 5.74) is 3.35. The molecule has 1 amide bonds. The Morgan fingerprint density at radius 2 is 1.58 bits per heavy atom. The first-order chi connectivity index (χ1) is 15.9. The molecule has 8 nitrogen and oxygen atoms in total. The predicted molar refractivity (Wildman–Crippen MR) is 125 cm³/mol. The Kier molecular flexibility index (Phi) is 8.47. The Morgan fingerprint density at radius 1 is 1.00 bits per heavy atom. The van der Waals surface area contributed by atoms with Crippen molar-refractivity contribution in [1.82, 2.24) is 10.4 Å². The molecule has 0 atom stereocenters. The summed E-state index contributed by atoms with van der Waals surface area (Å²) < 4.78 is 36.2. The van der Waals surface area contributed by atoms with Crippen molar-refractivity contribution < 1.29 is 27.9 Å². The van der Waals surface area contributed by atoms with E-state index in [0.717, 1.165) is 23.4 Å². The minimum Gasteiger partial charge on any atom is -0.491 e. The number of ether oxygens (including phenoxy) is 2. The van der Waals surface area contributed by atoms with Crippen LogP contribution in [0.15, 0.2) is 53.4 Å². The molecule has 1 saturated heterocycles. The topological polar surface area (TPSA) is 105 Å². The fourth-order valence-electron chi connectivity index (χ4n) is 4.11. The van der Waals surface area contributed by atoms with Crippen LogP contribution >= 0.6 is 0 Å². The zero-order valence-corrected chi connectivity index (χ0v) is 19.9. The maximum absolute atomic E-state index is 13.5. The number of nitrogens with one attached hydrogen (secondary N) is 1. The van der Waals surface area contributed by atoms with Crippen LogP contribution in [0.3, 0.4) is 0 Å². The summed E-state index contributed by atoms with van der Waals surface area (Å²) in [6.07, 6.45) is 0.254. The molecule has 3 rings (SSSR count). The van der Waals surface area contributed by atoms with Crippen molar-refractivity contribution in [1.29, 1.82) is 0 Å². The zero-order valence-electron chi connectivity index (χ0n) is 19.1. The first-order valence-corrected chi connectivity index (χ1v) is 12.7. The molecule has 0 aromatic heterocycles. The van der Waals surface area contributed by atoms with Gasteiger partial charge in [-0.2, -0.15) is 0 Å². The maximum atomic E-state index is 13.5. The van der Waals surface area contributed by atoms with E-state index < -0.39 is 20.5 Å². The van der Waals surface area contributed by atoms with E-state index in [-0.39, 0.29) is 17.7 Å². The van der Waals surface area contributed by atoms with Crippen molar-refractivity contribution in [2.45, 2.75) is 36.3 Å². The molecule has 0 aliphatic carbocycles. The molecule has 1 aliphatic heterocycles. The highest BCUT2D eigenvalue weighted by Gasteiger charge is 2.52. The molecule has 0 radical (unpaired) electrons. The molecule has 33 heavy (non-hydrogen) atoms. The van der Waals surface area contributed by atoms with Crippen LogP contribution in [0.1, 0.15) is 26.7 Å². The lowest BCUT2D eigenvalue weighted by atomic mass is 9.95.